The molecule has 0 atom stereocenters. The van der Waals surface area contributed by atoms with Crippen molar-refractivity contribution in [1.29, 1.82) is 0 Å². The largest absolute Gasteiger partial charge is 0.489 e. The summed E-state index contributed by atoms with van der Waals surface area (Å²) in [5, 5.41) is 0.286. The average Bonchev–Trinajstić information content (AvgIpc) is 2.58. The molecule has 1 heterocycles. The summed E-state index contributed by atoms with van der Waals surface area (Å²) in [5.41, 5.74) is 1.08. The first-order chi connectivity index (χ1) is 12.7. The lowest BCUT2D eigenvalue weighted by atomic mass is 10.1. The van der Waals surface area contributed by atoms with Crippen LogP contribution in [0.25, 0.3) is 6.08 Å². The van der Waals surface area contributed by atoms with Gasteiger partial charge in [0, 0.05) is 19.4 Å². The van der Waals surface area contributed by atoms with E-state index in [0.717, 1.165) is 0 Å². The highest BCUT2D eigenvalue weighted by atomic mass is 35.5. The van der Waals surface area contributed by atoms with E-state index in [4.69, 9.17) is 25.8 Å². The fourth-order valence-electron chi connectivity index (χ4n) is 2.41. The van der Waals surface area contributed by atoms with Gasteiger partial charge in [0.05, 0.1) is 5.02 Å². The number of rotatable bonds is 4. The van der Waals surface area contributed by atoms with Crippen LogP contribution in [0.3, 0.4) is 0 Å². The molecule has 2 aromatic rings. The Hall–Kier alpha value is -2.86. The molecule has 0 bridgehead atoms. The van der Waals surface area contributed by atoms with Crippen molar-refractivity contribution in [1.82, 2.24) is 0 Å². The van der Waals surface area contributed by atoms with Gasteiger partial charge < -0.3 is 14.2 Å². The van der Waals surface area contributed by atoms with Gasteiger partial charge in [-0.2, -0.15) is 0 Å². The summed E-state index contributed by atoms with van der Waals surface area (Å²) in [6.07, 6.45) is 1.39. The minimum absolute atomic E-state index is 0.174. The first-order valence-corrected chi connectivity index (χ1v) is 8.46. The molecule has 3 rings (SSSR count). The normalized spacial score (nSPS) is 15.8. The molecular weight excluding hydrogens is 375 g/mol. The lowest BCUT2D eigenvalue weighted by molar-refractivity contribution is -0.222. The molecule has 0 aromatic heterocycles. The first kappa shape index (κ1) is 18.9. The van der Waals surface area contributed by atoms with Crippen LogP contribution in [0.2, 0.25) is 5.02 Å². The summed E-state index contributed by atoms with van der Waals surface area (Å²) in [5.74, 6) is -2.60. The van der Waals surface area contributed by atoms with Gasteiger partial charge in [-0.15, -0.1) is 0 Å². The second kappa shape index (κ2) is 7.40. The van der Waals surface area contributed by atoms with Gasteiger partial charge in [-0.05, 0) is 35.9 Å². The number of hydrogen-bond donors (Lipinski definition) is 0. The highest BCUT2D eigenvalue weighted by molar-refractivity contribution is 6.31. The third-order valence-electron chi connectivity index (χ3n) is 3.72. The molecule has 0 aliphatic carbocycles. The van der Waals surface area contributed by atoms with E-state index in [1.165, 1.54) is 32.1 Å². The molecule has 0 N–H and O–H groups in total. The van der Waals surface area contributed by atoms with Crippen LogP contribution in [-0.2, 0) is 25.7 Å². The van der Waals surface area contributed by atoms with E-state index >= 15 is 0 Å². The van der Waals surface area contributed by atoms with Crippen molar-refractivity contribution in [3.63, 3.8) is 0 Å². The van der Waals surface area contributed by atoms with Crippen molar-refractivity contribution in [2.24, 2.45) is 0 Å². The topological polar surface area (TPSA) is 61.8 Å². The van der Waals surface area contributed by atoms with Crippen LogP contribution in [0.1, 0.15) is 25.0 Å². The van der Waals surface area contributed by atoms with Crippen molar-refractivity contribution >= 4 is 29.6 Å². The lowest BCUT2D eigenvalue weighted by Crippen LogP contribution is -2.41. The van der Waals surface area contributed by atoms with Crippen molar-refractivity contribution in [2.75, 3.05) is 0 Å². The van der Waals surface area contributed by atoms with Crippen LogP contribution in [0.5, 0.6) is 5.75 Å². The van der Waals surface area contributed by atoms with Gasteiger partial charge in [0.2, 0.25) is 0 Å². The molecule has 7 heteroatoms. The number of ether oxygens (including phenoxy) is 3. The van der Waals surface area contributed by atoms with Crippen LogP contribution in [0.4, 0.5) is 4.39 Å². The molecule has 0 saturated carbocycles. The van der Waals surface area contributed by atoms with E-state index in [0.29, 0.717) is 16.9 Å². The molecule has 0 spiro atoms. The molecule has 1 saturated heterocycles. The second-order valence-corrected chi connectivity index (χ2v) is 6.74. The fourth-order valence-corrected chi connectivity index (χ4v) is 2.63. The molecule has 0 amide bonds. The Morgan fingerprint density at radius 3 is 2.30 bits per heavy atom. The summed E-state index contributed by atoms with van der Waals surface area (Å²) in [7, 11) is 0. The second-order valence-electron chi connectivity index (χ2n) is 6.33. The number of carbonyl (C=O) groups is 2. The van der Waals surface area contributed by atoms with Crippen LogP contribution in [0, 0.1) is 5.82 Å². The van der Waals surface area contributed by atoms with Crippen LogP contribution >= 0.6 is 11.6 Å². The molecule has 1 fully saturated rings. The van der Waals surface area contributed by atoms with Crippen LogP contribution in [-0.4, -0.2) is 17.7 Å². The lowest BCUT2D eigenvalue weighted by Gasteiger charge is -2.29. The molecule has 0 radical (unpaired) electrons. The maximum absolute atomic E-state index is 13.0. The summed E-state index contributed by atoms with van der Waals surface area (Å²) in [4.78, 5) is 23.9. The minimum Gasteiger partial charge on any atom is -0.489 e. The van der Waals surface area contributed by atoms with Gasteiger partial charge >= 0.3 is 11.9 Å². The van der Waals surface area contributed by atoms with Crippen molar-refractivity contribution in [3.8, 4) is 5.75 Å². The predicted octanol–water partition coefficient (Wildman–Crippen LogP) is 4.28. The third-order valence-corrected chi connectivity index (χ3v) is 4.07. The van der Waals surface area contributed by atoms with Gasteiger partial charge in [0.25, 0.3) is 5.79 Å². The summed E-state index contributed by atoms with van der Waals surface area (Å²) in [6, 6.07) is 10.8. The van der Waals surface area contributed by atoms with E-state index < -0.39 is 23.5 Å². The Labute approximate surface area is 160 Å². The molecular formula is C20H16ClFO5. The van der Waals surface area contributed by atoms with E-state index in [2.05, 4.69) is 0 Å². The maximum atomic E-state index is 13.0. The number of hydrogen-bond acceptors (Lipinski definition) is 5. The standard InChI is InChI=1S/C20H16ClFO5/c1-20(2)26-18(23)16(19(24)27-20)9-12-3-7-15(8-4-12)25-11-13-5-6-14(22)10-17(13)21/h3-10H,11H2,1-2H3. The van der Waals surface area contributed by atoms with Gasteiger partial charge in [0.1, 0.15) is 23.7 Å². The summed E-state index contributed by atoms with van der Waals surface area (Å²) < 4.78 is 28.8. The monoisotopic (exact) mass is 390 g/mol. The van der Waals surface area contributed by atoms with Gasteiger partial charge in [0.15, 0.2) is 0 Å². The van der Waals surface area contributed by atoms with Crippen molar-refractivity contribution in [2.45, 2.75) is 26.2 Å². The van der Waals surface area contributed by atoms with Crippen LogP contribution < -0.4 is 4.74 Å². The van der Waals surface area contributed by atoms with Crippen LogP contribution in [0.15, 0.2) is 48.0 Å². The number of carbonyl (C=O) groups excluding carboxylic acids is 2. The number of esters is 2. The zero-order chi connectivity index (χ0) is 19.6. The SMILES string of the molecule is CC1(C)OC(=O)C(=Cc2ccc(OCc3ccc(F)cc3Cl)cc2)C(=O)O1. The molecule has 5 nitrogen and oxygen atoms in total. The molecule has 2 aromatic carbocycles. The highest BCUT2D eigenvalue weighted by Gasteiger charge is 2.38. The number of halogens is 2. The van der Waals surface area contributed by atoms with Crippen molar-refractivity contribution < 1.29 is 28.2 Å². The Kier molecular flexibility index (Phi) is 5.19. The Bertz CT molecular complexity index is 896. The Balaban J connectivity index is 1.68. The molecule has 1 aliphatic heterocycles. The third kappa shape index (κ3) is 4.65. The summed E-state index contributed by atoms with van der Waals surface area (Å²) >= 11 is 5.96. The Morgan fingerprint density at radius 2 is 1.70 bits per heavy atom. The predicted molar refractivity (Wildman–Crippen MR) is 96.4 cm³/mol. The molecule has 27 heavy (non-hydrogen) atoms. The number of benzene rings is 2. The highest BCUT2D eigenvalue weighted by Crippen LogP contribution is 2.25. The van der Waals surface area contributed by atoms with E-state index in [-0.39, 0.29) is 17.2 Å². The molecule has 140 valence electrons. The van der Waals surface area contributed by atoms with E-state index in [9.17, 15) is 14.0 Å². The Morgan fingerprint density at radius 1 is 1.07 bits per heavy atom. The van der Waals surface area contributed by atoms with Gasteiger partial charge in [-0.25, -0.2) is 14.0 Å². The molecule has 1 aliphatic rings. The van der Waals surface area contributed by atoms with Gasteiger partial charge in [-0.3, -0.25) is 0 Å². The maximum Gasteiger partial charge on any atom is 0.348 e. The average molecular weight is 391 g/mol. The summed E-state index contributed by atoms with van der Waals surface area (Å²) in [6.45, 7) is 3.14. The molecule has 0 unspecified atom stereocenters. The smallest absolute Gasteiger partial charge is 0.348 e. The van der Waals surface area contributed by atoms with Crippen molar-refractivity contribution in [3.05, 3.63) is 70.0 Å². The quantitative estimate of drug-likeness (QED) is 0.443. The first-order valence-electron chi connectivity index (χ1n) is 8.09. The minimum atomic E-state index is -1.27. The van der Waals surface area contributed by atoms with E-state index in [1.807, 2.05) is 0 Å². The zero-order valence-corrected chi connectivity index (χ0v) is 15.4. The fraction of sp³-hybridized carbons (Fsp3) is 0.200. The van der Waals surface area contributed by atoms with E-state index in [1.54, 1.807) is 30.3 Å². The van der Waals surface area contributed by atoms with Gasteiger partial charge in [-0.1, -0.05) is 29.8 Å². The number of cyclic esters (lactones) is 2. The zero-order valence-electron chi connectivity index (χ0n) is 14.6.